The Morgan fingerprint density at radius 2 is 1.78 bits per heavy atom. The van der Waals surface area contributed by atoms with Gasteiger partial charge in [0.25, 0.3) is 0 Å². The van der Waals surface area contributed by atoms with Crippen molar-refractivity contribution >= 4 is 22.4 Å². The first-order valence-electron chi connectivity index (χ1n) is 12.3. The number of ether oxygens (including phenoxy) is 3. The number of fused-ring (bicyclic) bond motifs is 1. The summed E-state index contributed by atoms with van der Waals surface area (Å²) in [5, 5.41) is 3.98. The monoisotopic (exact) mass is 499 g/mol. The lowest BCUT2D eigenvalue weighted by Gasteiger charge is -2.16. The fourth-order valence-corrected chi connectivity index (χ4v) is 4.52. The maximum Gasteiger partial charge on any atom is 0.244 e. The van der Waals surface area contributed by atoms with E-state index in [1.165, 1.54) is 0 Å². The molecular weight excluding hydrogens is 466 g/mol. The Bertz CT molecular complexity index is 1440. The van der Waals surface area contributed by atoms with E-state index in [-0.39, 0.29) is 11.9 Å². The van der Waals surface area contributed by atoms with Crippen molar-refractivity contribution in [2.75, 3.05) is 20.8 Å². The highest BCUT2D eigenvalue weighted by Crippen LogP contribution is 2.42. The van der Waals surface area contributed by atoms with Crippen LogP contribution in [0.4, 0.5) is 0 Å². The van der Waals surface area contributed by atoms with Crippen molar-refractivity contribution in [2.45, 2.75) is 33.7 Å². The summed E-state index contributed by atoms with van der Waals surface area (Å²) in [6, 6.07) is 17.6. The molecule has 1 heterocycles. The molecule has 4 rings (SSSR count). The lowest BCUT2D eigenvalue weighted by molar-refractivity contribution is -0.117. The molecule has 0 saturated heterocycles. The molecular formula is C31H33NO5. The third-order valence-electron chi connectivity index (χ3n) is 6.46. The summed E-state index contributed by atoms with van der Waals surface area (Å²) in [4.78, 5) is 12.9. The second-order valence-electron chi connectivity index (χ2n) is 8.88. The first-order chi connectivity index (χ1) is 17.9. The summed E-state index contributed by atoms with van der Waals surface area (Å²) in [7, 11) is 3.23. The van der Waals surface area contributed by atoms with Crippen LogP contribution in [0.15, 0.2) is 71.4 Å². The first kappa shape index (κ1) is 25.9. The van der Waals surface area contributed by atoms with Crippen LogP contribution < -0.4 is 19.5 Å². The van der Waals surface area contributed by atoms with Gasteiger partial charge in [0, 0.05) is 28.2 Å². The van der Waals surface area contributed by atoms with E-state index in [1.54, 1.807) is 26.6 Å². The standard InChI is InChI=1S/C31H33NO5/c1-7-36-30-20(3)31-25(26(18-37-31)23-13-14-27(34-5)28(16-23)35-6)17-24(30)19(2)15-29(33)32-21(4)22-11-9-8-10-12-22/h8-18,21H,7H2,1-6H3,(H,32,33)/b19-15+. The zero-order valence-electron chi connectivity index (χ0n) is 22.2. The van der Waals surface area contributed by atoms with Crippen molar-refractivity contribution in [3.8, 4) is 28.4 Å². The van der Waals surface area contributed by atoms with Crippen LogP contribution in [0.3, 0.4) is 0 Å². The number of furan rings is 1. The number of benzene rings is 3. The predicted molar refractivity (Wildman–Crippen MR) is 147 cm³/mol. The van der Waals surface area contributed by atoms with E-state index in [4.69, 9.17) is 18.6 Å². The van der Waals surface area contributed by atoms with E-state index in [1.807, 2.05) is 82.3 Å². The number of amides is 1. The Morgan fingerprint density at radius 1 is 1.05 bits per heavy atom. The van der Waals surface area contributed by atoms with Gasteiger partial charge in [-0.2, -0.15) is 0 Å². The number of methoxy groups -OCH3 is 2. The minimum absolute atomic E-state index is 0.112. The third kappa shape index (κ3) is 5.33. The number of rotatable bonds is 9. The maximum absolute atomic E-state index is 12.9. The number of nitrogens with one attached hydrogen (secondary N) is 1. The van der Waals surface area contributed by atoms with Gasteiger partial charge in [-0.1, -0.05) is 36.4 Å². The Kier molecular flexibility index (Phi) is 7.87. The molecule has 1 N–H and O–H groups in total. The van der Waals surface area contributed by atoms with Crippen LogP contribution in [0.2, 0.25) is 0 Å². The lowest BCUT2D eigenvalue weighted by atomic mass is 9.96. The fraction of sp³-hybridized carbons (Fsp3) is 0.258. The minimum atomic E-state index is -0.165. The van der Waals surface area contributed by atoms with Crippen molar-refractivity contribution in [1.82, 2.24) is 5.32 Å². The quantitative estimate of drug-likeness (QED) is 0.249. The molecule has 1 unspecified atom stereocenters. The zero-order chi connectivity index (χ0) is 26.5. The molecule has 0 aliphatic carbocycles. The van der Waals surface area contributed by atoms with E-state index >= 15 is 0 Å². The van der Waals surface area contributed by atoms with E-state index in [2.05, 4.69) is 5.32 Å². The third-order valence-corrected chi connectivity index (χ3v) is 6.46. The minimum Gasteiger partial charge on any atom is -0.493 e. The second kappa shape index (κ2) is 11.2. The summed E-state index contributed by atoms with van der Waals surface area (Å²) >= 11 is 0. The van der Waals surface area contributed by atoms with Crippen LogP contribution >= 0.6 is 0 Å². The normalized spacial score (nSPS) is 12.3. The molecule has 192 valence electrons. The second-order valence-corrected chi connectivity index (χ2v) is 8.88. The van der Waals surface area contributed by atoms with Crippen LogP contribution in [0.25, 0.3) is 27.7 Å². The first-order valence-corrected chi connectivity index (χ1v) is 12.3. The zero-order valence-corrected chi connectivity index (χ0v) is 22.2. The summed E-state index contributed by atoms with van der Waals surface area (Å²) < 4.78 is 23.0. The van der Waals surface area contributed by atoms with Crippen LogP contribution in [-0.2, 0) is 4.79 Å². The molecule has 0 radical (unpaired) electrons. The van der Waals surface area contributed by atoms with E-state index in [0.29, 0.717) is 23.9 Å². The van der Waals surface area contributed by atoms with Crippen LogP contribution in [0.1, 0.15) is 43.5 Å². The number of carbonyl (C=O) groups excluding carboxylic acids is 1. The summed E-state index contributed by atoms with van der Waals surface area (Å²) in [5.74, 6) is 1.84. The summed E-state index contributed by atoms with van der Waals surface area (Å²) in [6.45, 7) is 8.31. The highest BCUT2D eigenvalue weighted by Gasteiger charge is 2.20. The molecule has 37 heavy (non-hydrogen) atoms. The molecule has 4 aromatic rings. The molecule has 0 spiro atoms. The molecule has 6 heteroatoms. The Morgan fingerprint density at radius 3 is 2.46 bits per heavy atom. The van der Waals surface area contributed by atoms with Crippen molar-refractivity contribution in [2.24, 2.45) is 0 Å². The molecule has 0 aliphatic rings. The molecule has 0 fully saturated rings. The summed E-state index contributed by atoms with van der Waals surface area (Å²) in [6.07, 6.45) is 3.37. The number of hydrogen-bond acceptors (Lipinski definition) is 5. The molecule has 3 aromatic carbocycles. The van der Waals surface area contributed by atoms with Gasteiger partial charge in [0.2, 0.25) is 5.91 Å². The lowest BCUT2D eigenvalue weighted by Crippen LogP contribution is -2.24. The van der Waals surface area contributed by atoms with Crippen molar-refractivity contribution in [1.29, 1.82) is 0 Å². The van der Waals surface area contributed by atoms with Crippen molar-refractivity contribution in [3.05, 3.63) is 83.6 Å². The Labute approximate surface area is 217 Å². The molecule has 0 bridgehead atoms. The number of aryl methyl sites for hydroxylation is 1. The number of carbonyl (C=O) groups is 1. The number of allylic oxidation sites excluding steroid dienone is 1. The van der Waals surface area contributed by atoms with Gasteiger partial charge in [-0.15, -0.1) is 0 Å². The van der Waals surface area contributed by atoms with Gasteiger partial charge in [-0.25, -0.2) is 0 Å². The average molecular weight is 500 g/mol. The molecule has 0 saturated carbocycles. The van der Waals surface area contributed by atoms with E-state index in [0.717, 1.165) is 44.4 Å². The predicted octanol–water partition coefficient (Wildman–Crippen LogP) is 7.10. The molecule has 1 aromatic heterocycles. The van der Waals surface area contributed by atoms with Gasteiger partial charge < -0.3 is 23.9 Å². The van der Waals surface area contributed by atoms with Gasteiger partial charge >= 0.3 is 0 Å². The van der Waals surface area contributed by atoms with Crippen LogP contribution in [-0.4, -0.2) is 26.7 Å². The van der Waals surface area contributed by atoms with Gasteiger partial charge in [-0.3, -0.25) is 4.79 Å². The van der Waals surface area contributed by atoms with Crippen molar-refractivity contribution in [3.63, 3.8) is 0 Å². The van der Waals surface area contributed by atoms with Gasteiger partial charge in [0.1, 0.15) is 11.3 Å². The number of hydrogen-bond donors (Lipinski definition) is 1. The van der Waals surface area contributed by atoms with E-state index in [9.17, 15) is 4.79 Å². The molecule has 6 nitrogen and oxygen atoms in total. The fourth-order valence-electron chi connectivity index (χ4n) is 4.52. The maximum atomic E-state index is 12.9. The van der Waals surface area contributed by atoms with Gasteiger partial charge in [-0.05, 0) is 62.6 Å². The Balaban J connectivity index is 1.76. The molecule has 1 atom stereocenters. The summed E-state index contributed by atoms with van der Waals surface area (Å²) in [5.41, 5.74) is 6.16. The molecule has 1 amide bonds. The SMILES string of the molecule is CCOc1c(/C(C)=C/C(=O)NC(C)c2ccccc2)cc2c(-c3ccc(OC)c(OC)c3)coc2c1C. The van der Waals surface area contributed by atoms with Gasteiger partial charge in [0.05, 0.1) is 33.1 Å². The van der Waals surface area contributed by atoms with Crippen LogP contribution in [0, 0.1) is 6.92 Å². The van der Waals surface area contributed by atoms with Crippen LogP contribution in [0.5, 0.6) is 17.2 Å². The highest BCUT2D eigenvalue weighted by atomic mass is 16.5. The average Bonchev–Trinajstić information content (AvgIpc) is 3.34. The van der Waals surface area contributed by atoms with Gasteiger partial charge in [0.15, 0.2) is 11.5 Å². The Hall–Kier alpha value is -4.19. The highest BCUT2D eigenvalue weighted by molar-refractivity contribution is 6.02. The van der Waals surface area contributed by atoms with E-state index < -0.39 is 0 Å². The largest absolute Gasteiger partial charge is 0.493 e. The topological polar surface area (TPSA) is 69.9 Å². The smallest absolute Gasteiger partial charge is 0.244 e. The molecule has 0 aliphatic heterocycles. The van der Waals surface area contributed by atoms with Crippen molar-refractivity contribution < 1.29 is 23.4 Å².